The Morgan fingerprint density at radius 2 is 2.03 bits per heavy atom. The van der Waals surface area contributed by atoms with Crippen LogP contribution in [-0.4, -0.2) is 45.5 Å². The van der Waals surface area contributed by atoms with Gasteiger partial charge in [0.05, 0.1) is 11.5 Å². The third-order valence-corrected chi connectivity index (χ3v) is 8.11. The number of fused-ring (bicyclic) bond motifs is 1. The maximum atomic E-state index is 14.2. The van der Waals surface area contributed by atoms with Gasteiger partial charge in [0, 0.05) is 42.4 Å². The molecule has 1 aliphatic heterocycles. The molecule has 0 atom stereocenters. The molecule has 1 N–H and O–H groups in total. The maximum absolute atomic E-state index is 14.2. The molecule has 4 rings (SSSR count). The Morgan fingerprint density at radius 3 is 2.82 bits per heavy atom. The number of carbonyl (C=O) groups is 1. The first kappa shape index (κ1) is 23.4. The van der Waals surface area contributed by atoms with E-state index in [4.69, 9.17) is 9.47 Å². The molecule has 7 nitrogen and oxygen atoms in total. The lowest BCUT2D eigenvalue weighted by molar-refractivity contribution is 0.102. The molecule has 2 heterocycles. The number of hydrogen-bond acceptors (Lipinski definition) is 6. The fourth-order valence-corrected chi connectivity index (χ4v) is 5.86. The van der Waals surface area contributed by atoms with Crippen molar-refractivity contribution in [3.63, 3.8) is 0 Å². The average Bonchev–Trinajstić information content (AvgIpc) is 3.29. The van der Waals surface area contributed by atoms with Crippen LogP contribution in [0.15, 0.2) is 58.8 Å². The van der Waals surface area contributed by atoms with Gasteiger partial charge in [-0.1, -0.05) is 6.07 Å². The highest BCUT2D eigenvalue weighted by atomic mass is 32.2. The number of sulfonamides is 1. The van der Waals surface area contributed by atoms with Crippen LogP contribution in [0.2, 0.25) is 0 Å². The van der Waals surface area contributed by atoms with E-state index in [0.717, 1.165) is 11.6 Å². The Bertz CT molecular complexity index is 1260. The number of amides is 1. The molecule has 0 aliphatic carbocycles. The van der Waals surface area contributed by atoms with Crippen molar-refractivity contribution < 1.29 is 27.1 Å². The molecule has 0 unspecified atom stereocenters. The van der Waals surface area contributed by atoms with Gasteiger partial charge in [-0.05, 0) is 53.8 Å². The number of benzene rings is 2. The maximum Gasteiger partial charge on any atom is 0.255 e. The van der Waals surface area contributed by atoms with Crippen LogP contribution in [0, 0.1) is 5.82 Å². The van der Waals surface area contributed by atoms with Gasteiger partial charge in [0.25, 0.3) is 5.91 Å². The predicted octanol–water partition coefficient (Wildman–Crippen LogP) is 3.91. The number of carbonyl (C=O) groups excluding carboxylic acids is 1. The standard InChI is InChI=1S/C23H23FN2O5S2/c1-30-10-11-31-21-6-5-18(14-20(21)24)25-23(27)16-3-2-4-19(13-16)33(28,29)26-9-7-22-17(15-26)8-12-32-22/h2-6,8,12-14H,7,9-11,15H2,1H3,(H,25,27). The van der Waals surface area contributed by atoms with Gasteiger partial charge in [0.15, 0.2) is 11.6 Å². The minimum Gasteiger partial charge on any atom is -0.488 e. The zero-order valence-electron chi connectivity index (χ0n) is 17.9. The van der Waals surface area contributed by atoms with Gasteiger partial charge >= 0.3 is 0 Å². The zero-order valence-corrected chi connectivity index (χ0v) is 19.5. The molecule has 0 saturated carbocycles. The molecule has 2 aromatic carbocycles. The summed E-state index contributed by atoms with van der Waals surface area (Å²) in [4.78, 5) is 14.0. The number of anilines is 1. The van der Waals surface area contributed by atoms with Crippen LogP contribution in [0.25, 0.3) is 0 Å². The molecule has 0 spiro atoms. The average molecular weight is 491 g/mol. The Hall–Kier alpha value is -2.79. The first-order chi connectivity index (χ1) is 15.9. The Kier molecular flexibility index (Phi) is 7.08. The van der Waals surface area contributed by atoms with Gasteiger partial charge in [-0.15, -0.1) is 11.3 Å². The van der Waals surface area contributed by atoms with Crippen LogP contribution in [0.3, 0.4) is 0 Å². The summed E-state index contributed by atoms with van der Waals surface area (Å²) in [6, 6.07) is 11.9. The van der Waals surface area contributed by atoms with E-state index in [0.29, 0.717) is 26.1 Å². The SMILES string of the molecule is COCCOc1ccc(NC(=O)c2cccc(S(=O)(=O)N3CCc4sccc4C3)c2)cc1F. The fourth-order valence-electron chi connectivity index (χ4n) is 3.51. The third kappa shape index (κ3) is 5.25. The number of nitrogens with one attached hydrogen (secondary N) is 1. The third-order valence-electron chi connectivity index (χ3n) is 5.24. The van der Waals surface area contributed by atoms with Crippen LogP contribution in [0.1, 0.15) is 20.8 Å². The second-order valence-corrected chi connectivity index (χ2v) is 10.4. The number of rotatable bonds is 8. The van der Waals surface area contributed by atoms with Crippen molar-refractivity contribution in [1.82, 2.24) is 4.31 Å². The largest absolute Gasteiger partial charge is 0.488 e. The fraction of sp³-hybridized carbons (Fsp3) is 0.261. The first-order valence-corrected chi connectivity index (χ1v) is 12.6. The highest BCUT2D eigenvalue weighted by Crippen LogP contribution is 2.28. The Morgan fingerprint density at radius 1 is 1.18 bits per heavy atom. The van der Waals surface area contributed by atoms with Gasteiger partial charge in [-0.3, -0.25) is 4.79 Å². The summed E-state index contributed by atoms with van der Waals surface area (Å²) in [6.45, 7) is 1.23. The van der Waals surface area contributed by atoms with Crippen molar-refractivity contribution in [2.24, 2.45) is 0 Å². The number of halogens is 1. The van der Waals surface area contributed by atoms with Crippen LogP contribution < -0.4 is 10.1 Å². The second-order valence-electron chi connectivity index (χ2n) is 7.43. The van der Waals surface area contributed by atoms with Gasteiger partial charge in [0.1, 0.15) is 6.61 Å². The molecule has 0 bridgehead atoms. The highest BCUT2D eigenvalue weighted by Gasteiger charge is 2.29. The van der Waals surface area contributed by atoms with E-state index in [1.807, 2.05) is 11.4 Å². The molecule has 1 amide bonds. The van der Waals surface area contributed by atoms with Crippen molar-refractivity contribution in [3.05, 3.63) is 75.7 Å². The predicted molar refractivity (Wildman–Crippen MR) is 124 cm³/mol. The van der Waals surface area contributed by atoms with Crippen molar-refractivity contribution in [2.75, 3.05) is 32.2 Å². The molecule has 10 heteroatoms. The van der Waals surface area contributed by atoms with Crippen LogP contribution in [-0.2, 0) is 27.7 Å². The molecule has 174 valence electrons. The summed E-state index contributed by atoms with van der Waals surface area (Å²) in [5, 5.41) is 4.56. The molecule has 1 aromatic heterocycles. The summed E-state index contributed by atoms with van der Waals surface area (Å²) in [5.41, 5.74) is 1.40. The van der Waals surface area contributed by atoms with Gasteiger partial charge < -0.3 is 14.8 Å². The normalized spacial score (nSPS) is 14.0. The quantitative estimate of drug-likeness (QED) is 0.484. The zero-order chi connectivity index (χ0) is 23.4. The molecule has 1 aliphatic rings. The number of nitrogens with zero attached hydrogens (tertiary/aromatic N) is 1. The molecule has 0 fully saturated rings. The molecule has 0 saturated heterocycles. The highest BCUT2D eigenvalue weighted by molar-refractivity contribution is 7.89. The van der Waals surface area contributed by atoms with Crippen molar-refractivity contribution in [3.8, 4) is 5.75 Å². The lowest BCUT2D eigenvalue weighted by Crippen LogP contribution is -2.35. The number of methoxy groups -OCH3 is 1. The number of ether oxygens (including phenoxy) is 2. The van der Waals surface area contributed by atoms with Gasteiger partial charge in [-0.25, -0.2) is 12.8 Å². The van der Waals surface area contributed by atoms with E-state index < -0.39 is 21.7 Å². The minimum atomic E-state index is -3.76. The molecular weight excluding hydrogens is 467 g/mol. The van der Waals surface area contributed by atoms with E-state index >= 15 is 0 Å². The van der Waals surface area contributed by atoms with Gasteiger partial charge in [0.2, 0.25) is 10.0 Å². The van der Waals surface area contributed by atoms with Crippen molar-refractivity contribution >= 4 is 33.0 Å². The van der Waals surface area contributed by atoms with E-state index in [-0.39, 0.29) is 28.5 Å². The van der Waals surface area contributed by atoms with Crippen molar-refractivity contribution in [1.29, 1.82) is 0 Å². The lowest BCUT2D eigenvalue weighted by atomic mass is 10.1. The van der Waals surface area contributed by atoms with Crippen LogP contribution in [0.4, 0.5) is 10.1 Å². The van der Waals surface area contributed by atoms with E-state index in [2.05, 4.69) is 5.32 Å². The topological polar surface area (TPSA) is 84.9 Å². The monoisotopic (exact) mass is 490 g/mol. The number of thiophene rings is 1. The summed E-state index contributed by atoms with van der Waals surface area (Å²) in [6.07, 6.45) is 0.670. The van der Waals surface area contributed by atoms with Gasteiger partial charge in [-0.2, -0.15) is 4.31 Å². The molecule has 3 aromatic rings. The molecule has 33 heavy (non-hydrogen) atoms. The van der Waals surface area contributed by atoms with Crippen LogP contribution >= 0.6 is 11.3 Å². The molecule has 0 radical (unpaired) electrons. The Labute approximate surface area is 195 Å². The Balaban J connectivity index is 1.47. The van der Waals surface area contributed by atoms with Crippen molar-refractivity contribution in [2.45, 2.75) is 17.9 Å². The smallest absolute Gasteiger partial charge is 0.255 e. The second kappa shape index (κ2) is 10.0. The summed E-state index contributed by atoms with van der Waals surface area (Å²) in [5.74, 6) is -1.12. The van der Waals surface area contributed by atoms with E-state index in [1.165, 1.54) is 52.7 Å². The number of hydrogen-bond donors (Lipinski definition) is 1. The lowest BCUT2D eigenvalue weighted by Gasteiger charge is -2.26. The van der Waals surface area contributed by atoms with E-state index in [9.17, 15) is 17.6 Å². The first-order valence-electron chi connectivity index (χ1n) is 10.3. The summed E-state index contributed by atoms with van der Waals surface area (Å²) >= 11 is 1.63. The molecular formula is C23H23FN2O5S2. The minimum absolute atomic E-state index is 0.0434. The summed E-state index contributed by atoms with van der Waals surface area (Å²) in [7, 11) is -2.25. The summed E-state index contributed by atoms with van der Waals surface area (Å²) < 4.78 is 52.1. The van der Waals surface area contributed by atoms with E-state index in [1.54, 1.807) is 11.3 Å². The van der Waals surface area contributed by atoms with Crippen LogP contribution in [0.5, 0.6) is 5.75 Å².